The number of esters is 1. The van der Waals surface area contributed by atoms with Gasteiger partial charge in [-0.25, -0.2) is 0 Å². The van der Waals surface area contributed by atoms with E-state index in [2.05, 4.69) is 20.6 Å². The summed E-state index contributed by atoms with van der Waals surface area (Å²) >= 11 is 0. The predicted molar refractivity (Wildman–Crippen MR) is 135 cm³/mol. The van der Waals surface area contributed by atoms with Gasteiger partial charge in [0.2, 0.25) is 17.8 Å². The number of piperidine rings is 1. The lowest BCUT2D eigenvalue weighted by molar-refractivity contribution is -0.148. The summed E-state index contributed by atoms with van der Waals surface area (Å²) < 4.78 is 5.11. The molecule has 0 saturated carbocycles. The number of ether oxygens (including phenoxy) is 1. The van der Waals surface area contributed by atoms with Crippen molar-refractivity contribution in [2.75, 3.05) is 35.2 Å². The van der Waals surface area contributed by atoms with Crippen molar-refractivity contribution in [1.82, 2.24) is 9.97 Å². The molecular formula is C26H27N5O5. The van der Waals surface area contributed by atoms with Gasteiger partial charge in [-0.3, -0.25) is 24.2 Å². The molecule has 0 bridgehead atoms. The number of benzene rings is 2. The Morgan fingerprint density at radius 1 is 1.11 bits per heavy atom. The second kappa shape index (κ2) is 9.80. The van der Waals surface area contributed by atoms with Gasteiger partial charge in [-0.05, 0) is 31.2 Å². The van der Waals surface area contributed by atoms with E-state index in [-0.39, 0.29) is 35.6 Å². The van der Waals surface area contributed by atoms with E-state index in [1.807, 2.05) is 41.3 Å². The Morgan fingerprint density at radius 2 is 1.86 bits per heavy atom. The summed E-state index contributed by atoms with van der Waals surface area (Å²) in [6.07, 6.45) is 0.989. The van der Waals surface area contributed by atoms with Crippen LogP contribution < -0.4 is 21.1 Å². The zero-order valence-corrected chi connectivity index (χ0v) is 19.9. The van der Waals surface area contributed by atoms with Crippen LogP contribution in [0, 0.1) is 5.92 Å². The van der Waals surface area contributed by atoms with Crippen LogP contribution in [-0.2, 0) is 19.1 Å². The van der Waals surface area contributed by atoms with Gasteiger partial charge in [0, 0.05) is 30.6 Å². The van der Waals surface area contributed by atoms with Crippen LogP contribution in [0.15, 0.2) is 47.3 Å². The number of carbonyl (C=O) groups is 3. The highest BCUT2D eigenvalue weighted by Gasteiger charge is 2.36. The van der Waals surface area contributed by atoms with Gasteiger partial charge in [0.1, 0.15) is 5.82 Å². The van der Waals surface area contributed by atoms with Crippen LogP contribution in [0.5, 0.6) is 0 Å². The van der Waals surface area contributed by atoms with Gasteiger partial charge >= 0.3 is 5.97 Å². The van der Waals surface area contributed by atoms with Crippen LogP contribution in [0.3, 0.4) is 0 Å². The molecule has 36 heavy (non-hydrogen) atoms. The molecule has 5 rings (SSSR count). The molecule has 2 aliphatic rings. The van der Waals surface area contributed by atoms with Crippen molar-refractivity contribution in [2.45, 2.75) is 32.1 Å². The van der Waals surface area contributed by atoms with Crippen molar-refractivity contribution < 1.29 is 19.1 Å². The molecule has 1 atom stereocenters. The van der Waals surface area contributed by atoms with Gasteiger partial charge in [-0.15, -0.1) is 0 Å². The molecule has 0 radical (unpaired) electrons. The number of aromatic amines is 1. The number of amides is 2. The Morgan fingerprint density at radius 3 is 2.64 bits per heavy atom. The summed E-state index contributed by atoms with van der Waals surface area (Å²) in [5.41, 5.74) is 0.272. The third-order valence-corrected chi connectivity index (χ3v) is 6.72. The maximum atomic E-state index is 13.3. The van der Waals surface area contributed by atoms with Gasteiger partial charge in [-0.1, -0.05) is 36.4 Å². The minimum absolute atomic E-state index is 0.0931. The Labute approximate surface area is 207 Å². The summed E-state index contributed by atoms with van der Waals surface area (Å²) in [7, 11) is 0. The molecule has 2 amide bonds. The molecule has 2 aliphatic heterocycles. The number of hydrogen-bond acceptors (Lipinski definition) is 7. The maximum absolute atomic E-state index is 13.3. The van der Waals surface area contributed by atoms with E-state index in [0.717, 1.165) is 10.8 Å². The van der Waals surface area contributed by atoms with Crippen LogP contribution in [0.2, 0.25) is 0 Å². The minimum Gasteiger partial charge on any atom is -0.466 e. The first-order chi connectivity index (χ1) is 17.4. The van der Waals surface area contributed by atoms with E-state index < -0.39 is 17.4 Å². The number of nitrogens with one attached hydrogen (secondary N) is 3. The van der Waals surface area contributed by atoms with Gasteiger partial charge in [0.25, 0.3) is 5.56 Å². The van der Waals surface area contributed by atoms with Crippen molar-refractivity contribution >= 4 is 46.0 Å². The molecule has 1 saturated heterocycles. The van der Waals surface area contributed by atoms with Gasteiger partial charge in [0.05, 0.1) is 24.0 Å². The van der Waals surface area contributed by atoms with Gasteiger partial charge in [-0.2, -0.15) is 4.98 Å². The number of carbonyl (C=O) groups excluding carboxylic acids is 3. The third-order valence-electron chi connectivity index (χ3n) is 6.72. The van der Waals surface area contributed by atoms with E-state index >= 15 is 0 Å². The monoisotopic (exact) mass is 489 g/mol. The normalized spacial score (nSPS) is 17.9. The Balaban J connectivity index is 1.38. The molecule has 1 fully saturated rings. The zero-order chi connectivity index (χ0) is 25.2. The van der Waals surface area contributed by atoms with E-state index in [1.54, 1.807) is 13.0 Å². The van der Waals surface area contributed by atoms with Gasteiger partial charge in [0.15, 0.2) is 0 Å². The van der Waals surface area contributed by atoms with E-state index in [4.69, 9.17) is 4.74 Å². The fourth-order valence-corrected chi connectivity index (χ4v) is 4.87. The Kier molecular flexibility index (Phi) is 6.41. The fourth-order valence-electron chi connectivity index (χ4n) is 4.87. The minimum atomic E-state index is -0.979. The van der Waals surface area contributed by atoms with Crippen molar-refractivity contribution in [3.05, 3.63) is 58.4 Å². The second-order valence-corrected chi connectivity index (χ2v) is 8.99. The molecule has 0 unspecified atom stereocenters. The molecule has 2 aromatic carbocycles. The number of nitrogens with zero attached hydrogens (tertiary/aromatic N) is 2. The van der Waals surface area contributed by atoms with Crippen molar-refractivity contribution in [2.24, 2.45) is 5.92 Å². The molecule has 10 nitrogen and oxygen atoms in total. The van der Waals surface area contributed by atoms with E-state index in [9.17, 15) is 19.2 Å². The van der Waals surface area contributed by atoms with Crippen LogP contribution in [0.25, 0.3) is 10.8 Å². The number of anilines is 3. The second-order valence-electron chi connectivity index (χ2n) is 8.99. The Hall–Kier alpha value is -4.21. The molecule has 10 heteroatoms. The largest absolute Gasteiger partial charge is 0.466 e. The number of H-pyrrole nitrogens is 1. The standard InChI is InChI=1S/C26H27N5O5/c1-2-36-25(35)16-10-12-31(13-11-16)26-29-22-21(24(34)30-26)18(14-20(32)28-22)23(33)27-19-9-5-7-15-6-3-4-8-17(15)19/h3-9,16,18H,2,10-14H2,1H3,(H,27,33)(H2,28,29,30,32,34)/t18-/m1/s1. The first kappa shape index (κ1) is 23.5. The summed E-state index contributed by atoms with van der Waals surface area (Å²) in [6, 6.07) is 13.2. The highest BCUT2D eigenvalue weighted by molar-refractivity contribution is 6.08. The average molecular weight is 490 g/mol. The predicted octanol–water partition coefficient (Wildman–Crippen LogP) is 2.77. The lowest BCUT2D eigenvalue weighted by Gasteiger charge is -2.32. The molecule has 1 aromatic heterocycles. The number of rotatable bonds is 5. The zero-order valence-electron chi connectivity index (χ0n) is 19.9. The first-order valence-corrected chi connectivity index (χ1v) is 12.1. The summed E-state index contributed by atoms with van der Waals surface area (Å²) in [6.45, 7) is 3.13. The quantitative estimate of drug-likeness (QED) is 0.469. The fraction of sp³-hybridized carbons (Fsp3) is 0.346. The first-order valence-electron chi connectivity index (χ1n) is 12.1. The van der Waals surface area contributed by atoms with Crippen LogP contribution in [0.1, 0.15) is 37.7 Å². The smallest absolute Gasteiger partial charge is 0.309 e. The number of aromatic nitrogens is 2. The van der Waals surface area contributed by atoms with E-state index in [1.165, 1.54) is 0 Å². The van der Waals surface area contributed by atoms with E-state index in [0.29, 0.717) is 44.2 Å². The van der Waals surface area contributed by atoms with Crippen molar-refractivity contribution in [3.63, 3.8) is 0 Å². The SMILES string of the molecule is CCOC(=O)C1CCN(c2nc3c(c(=O)[nH]2)[C@H](C(=O)Nc2cccc4ccccc24)CC(=O)N3)CC1. The van der Waals surface area contributed by atoms with Crippen LogP contribution in [0.4, 0.5) is 17.5 Å². The summed E-state index contributed by atoms with van der Waals surface area (Å²) in [5.74, 6) is -1.81. The number of hydrogen-bond donors (Lipinski definition) is 3. The summed E-state index contributed by atoms with van der Waals surface area (Å²) in [4.78, 5) is 60.1. The molecule has 3 aromatic rings. The molecule has 3 N–H and O–H groups in total. The van der Waals surface area contributed by atoms with Crippen LogP contribution >= 0.6 is 0 Å². The summed E-state index contributed by atoms with van der Waals surface area (Å²) in [5, 5.41) is 7.37. The van der Waals surface area contributed by atoms with Crippen LogP contribution in [-0.4, -0.2) is 47.4 Å². The molecule has 3 heterocycles. The van der Waals surface area contributed by atoms with Gasteiger partial charge < -0.3 is 20.3 Å². The average Bonchev–Trinajstić information content (AvgIpc) is 2.88. The highest BCUT2D eigenvalue weighted by Crippen LogP contribution is 2.32. The lowest BCUT2D eigenvalue weighted by atomic mass is 9.92. The highest BCUT2D eigenvalue weighted by atomic mass is 16.5. The molecule has 0 spiro atoms. The Bertz CT molecular complexity index is 1390. The maximum Gasteiger partial charge on any atom is 0.309 e. The third kappa shape index (κ3) is 4.53. The number of fused-ring (bicyclic) bond motifs is 2. The lowest BCUT2D eigenvalue weighted by Crippen LogP contribution is -2.41. The molecule has 186 valence electrons. The van der Waals surface area contributed by atoms with Crippen molar-refractivity contribution in [1.29, 1.82) is 0 Å². The molecular weight excluding hydrogens is 462 g/mol. The topological polar surface area (TPSA) is 133 Å². The molecule has 0 aliphatic carbocycles. The van der Waals surface area contributed by atoms with Crippen molar-refractivity contribution in [3.8, 4) is 0 Å².